The number of ether oxygens (including phenoxy) is 1. The molecule has 1 aromatic heterocycles. The van der Waals surface area contributed by atoms with Crippen LogP contribution in [0.2, 0.25) is 0 Å². The van der Waals surface area contributed by atoms with Gasteiger partial charge < -0.3 is 10.5 Å². The van der Waals surface area contributed by atoms with Crippen molar-refractivity contribution in [2.75, 3.05) is 18.9 Å². The molecule has 0 unspecified atom stereocenters. The number of anilines is 1. The SMILES string of the molecule is Cc1ncc(C)c(N)n1.N#CC1CCOCC1. The predicted molar refractivity (Wildman–Crippen MR) is 65.1 cm³/mol. The third kappa shape index (κ3) is 4.79. The molecule has 0 amide bonds. The van der Waals surface area contributed by atoms with Crippen molar-refractivity contribution >= 4 is 5.82 Å². The summed E-state index contributed by atoms with van der Waals surface area (Å²) in [7, 11) is 0. The van der Waals surface area contributed by atoms with Crippen molar-refractivity contribution in [3.63, 3.8) is 0 Å². The molecule has 1 aliphatic heterocycles. The van der Waals surface area contributed by atoms with Crippen LogP contribution in [-0.4, -0.2) is 23.2 Å². The fourth-order valence-electron chi connectivity index (χ4n) is 1.37. The van der Waals surface area contributed by atoms with E-state index in [2.05, 4.69) is 16.0 Å². The van der Waals surface area contributed by atoms with Crippen LogP contribution >= 0.6 is 0 Å². The summed E-state index contributed by atoms with van der Waals surface area (Å²) in [6.45, 7) is 5.25. The Hall–Kier alpha value is -1.67. The zero-order chi connectivity index (χ0) is 12.7. The van der Waals surface area contributed by atoms with Crippen molar-refractivity contribution in [3.05, 3.63) is 17.6 Å². The first kappa shape index (κ1) is 13.4. The van der Waals surface area contributed by atoms with Crippen molar-refractivity contribution in [2.45, 2.75) is 26.7 Å². The second-order valence-electron chi connectivity index (χ2n) is 4.00. The van der Waals surface area contributed by atoms with Gasteiger partial charge in [0.15, 0.2) is 0 Å². The summed E-state index contributed by atoms with van der Waals surface area (Å²) in [5, 5.41) is 8.39. The van der Waals surface area contributed by atoms with Crippen molar-refractivity contribution in [1.82, 2.24) is 9.97 Å². The van der Waals surface area contributed by atoms with Crippen LogP contribution in [-0.2, 0) is 4.74 Å². The largest absolute Gasteiger partial charge is 0.383 e. The number of rotatable bonds is 0. The van der Waals surface area contributed by atoms with E-state index in [4.69, 9.17) is 15.7 Å². The Morgan fingerprint density at radius 3 is 2.47 bits per heavy atom. The van der Waals surface area contributed by atoms with Gasteiger partial charge in [-0.25, -0.2) is 9.97 Å². The van der Waals surface area contributed by atoms with Gasteiger partial charge in [0.1, 0.15) is 11.6 Å². The standard InChI is InChI=1S/C6H9N3.C6H9NO/c1-4-3-8-5(2)9-6(4)7;7-5-6-1-3-8-4-2-6/h3H,1-2H3,(H2,7,8,9);6H,1-4H2. The third-order valence-corrected chi connectivity index (χ3v) is 2.54. The molecule has 2 heterocycles. The number of hydrogen-bond donors (Lipinski definition) is 1. The molecule has 2 N–H and O–H groups in total. The quantitative estimate of drug-likeness (QED) is 0.737. The molecule has 0 aliphatic carbocycles. The maximum atomic E-state index is 8.39. The molecule has 0 saturated carbocycles. The Kier molecular flexibility index (Phi) is 5.37. The number of nitriles is 1. The van der Waals surface area contributed by atoms with E-state index in [9.17, 15) is 0 Å². The van der Waals surface area contributed by atoms with Crippen molar-refractivity contribution in [3.8, 4) is 6.07 Å². The zero-order valence-corrected chi connectivity index (χ0v) is 10.3. The molecule has 0 bridgehead atoms. The van der Waals surface area contributed by atoms with Gasteiger partial charge in [-0.15, -0.1) is 0 Å². The number of aryl methyl sites for hydroxylation is 2. The maximum Gasteiger partial charge on any atom is 0.129 e. The molecule has 0 radical (unpaired) electrons. The summed E-state index contributed by atoms with van der Waals surface area (Å²) in [4.78, 5) is 7.89. The van der Waals surface area contributed by atoms with Crippen molar-refractivity contribution < 1.29 is 4.74 Å². The molecule has 17 heavy (non-hydrogen) atoms. The average Bonchev–Trinajstić information content (AvgIpc) is 2.36. The molecule has 0 spiro atoms. The highest BCUT2D eigenvalue weighted by molar-refractivity contribution is 5.35. The van der Waals surface area contributed by atoms with Gasteiger partial charge in [0, 0.05) is 25.0 Å². The van der Waals surface area contributed by atoms with Gasteiger partial charge in [-0.3, -0.25) is 0 Å². The van der Waals surface area contributed by atoms with E-state index in [1.807, 2.05) is 13.8 Å². The summed E-state index contributed by atoms with van der Waals surface area (Å²) in [6.07, 6.45) is 3.57. The highest BCUT2D eigenvalue weighted by Crippen LogP contribution is 2.12. The lowest BCUT2D eigenvalue weighted by Crippen LogP contribution is -2.13. The average molecular weight is 234 g/mol. The normalized spacial score (nSPS) is 15.6. The number of nitrogen functional groups attached to an aromatic ring is 1. The molecule has 5 nitrogen and oxygen atoms in total. The zero-order valence-electron chi connectivity index (χ0n) is 10.3. The molecule has 0 aromatic carbocycles. The van der Waals surface area contributed by atoms with Crippen LogP contribution in [0.15, 0.2) is 6.20 Å². The first-order valence-electron chi connectivity index (χ1n) is 5.66. The van der Waals surface area contributed by atoms with Crippen molar-refractivity contribution in [1.29, 1.82) is 5.26 Å². The number of hydrogen-bond acceptors (Lipinski definition) is 5. The van der Waals surface area contributed by atoms with E-state index in [1.165, 1.54) is 0 Å². The van der Waals surface area contributed by atoms with E-state index < -0.39 is 0 Å². The summed E-state index contributed by atoms with van der Waals surface area (Å²) >= 11 is 0. The minimum Gasteiger partial charge on any atom is -0.383 e. The molecule has 0 atom stereocenters. The summed E-state index contributed by atoms with van der Waals surface area (Å²) in [6, 6.07) is 2.22. The topological polar surface area (TPSA) is 84.8 Å². The lowest BCUT2D eigenvalue weighted by molar-refractivity contribution is 0.0802. The Morgan fingerprint density at radius 1 is 1.41 bits per heavy atom. The van der Waals surface area contributed by atoms with E-state index in [0.29, 0.717) is 5.82 Å². The van der Waals surface area contributed by atoms with Crippen LogP contribution in [0, 0.1) is 31.1 Å². The van der Waals surface area contributed by atoms with Gasteiger partial charge in [-0.1, -0.05) is 0 Å². The molecular formula is C12H18N4O. The molecule has 92 valence electrons. The summed E-state index contributed by atoms with van der Waals surface area (Å²) in [5.74, 6) is 1.56. The van der Waals surface area contributed by atoms with Gasteiger partial charge in [0.2, 0.25) is 0 Å². The molecule has 1 fully saturated rings. The molecule has 1 aliphatic rings. The van der Waals surface area contributed by atoms with E-state index >= 15 is 0 Å². The van der Waals surface area contributed by atoms with Crippen LogP contribution in [0.3, 0.4) is 0 Å². The van der Waals surface area contributed by atoms with Gasteiger partial charge in [0.25, 0.3) is 0 Å². The molecule has 1 aromatic rings. The maximum absolute atomic E-state index is 8.39. The minimum absolute atomic E-state index is 0.267. The second kappa shape index (κ2) is 6.81. The van der Waals surface area contributed by atoms with Gasteiger partial charge in [-0.2, -0.15) is 5.26 Å². The van der Waals surface area contributed by atoms with Gasteiger partial charge >= 0.3 is 0 Å². The second-order valence-corrected chi connectivity index (χ2v) is 4.00. The third-order valence-electron chi connectivity index (χ3n) is 2.54. The Bertz CT molecular complexity index is 394. The Morgan fingerprint density at radius 2 is 2.06 bits per heavy atom. The Balaban J connectivity index is 0.000000171. The number of nitrogens with two attached hydrogens (primary N) is 1. The highest BCUT2D eigenvalue weighted by atomic mass is 16.5. The number of nitrogens with zero attached hydrogens (tertiary/aromatic N) is 3. The highest BCUT2D eigenvalue weighted by Gasteiger charge is 2.11. The molecular weight excluding hydrogens is 216 g/mol. The first-order chi connectivity index (χ1) is 8.13. The van der Waals surface area contributed by atoms with Crippen LogP contribution < -0.4 is 5.73 Å². The Labute approximate surface area is 102 Å². The minimum atomic E-state index is 0.267. The molecule has 5 heteroatoms. The molecule has 2 rings (SSSR count). The van der Waals surface area contributed by atoms with Gasteiger partial charge in [-0.05, 0) is 26.7 Å². The van der Waals surface area contributed by atoms with Gasteiger partial charge in [0.05, 0.1) is 12.0 Å². The van der Waals surface area contributed by atoms with Crippen LogP contribution in [0.5, 0.6) is 0 Å². The van der Waals surface area contributed by atoms with E-state index in [-0.39, 0.29) is 5.92 Å². The lowest BCUT2D eigenvalue weighted by Gasteiger charge is -2.14. The molecule has 1 saturated heterocycles. The van der Waals surface area contributed by atoms with E-state index in [1.54, 1.807) is 6.20 Å². The first-order valence-corrected chi connectivity index (χ1v) is 5.66. The van der Waals surface area contributed by atoms with E-state index in [0.717, 1.165) is 37.4 Å². The van der Waals surface area contributed by atoms with Crippen molar-refractivity contribution in [2.24, 2.45) is 5.92 Å². The smallest absolute Gasteiger partial charge is 0.129 e. The summed E-state index contributed by atoms with van der Waals surface area (Å²) in [5.41, 5.74) is 6.40. The van der Waals surface area contributed by atoms with Crippen LogP contribution in [0.25, 0.3) is 0 Å². The lowest BCUT2D eigenvalue weighted by atomic mass is 10.0. The van der Waals surface area contributed by atoms with Crippen LogP contribution in [0.1, 0.15) is 24.2 Å². The fourth-order valence-corrected chi connectivity index (χ4v) is 1.37. The summed E-state index contributed by atoms with van der Waals surface area (Å²) < 4.78 is 5.05. The predicted octanol–water partition coefficient (Wildman–Crippen LogP) is 1.61. The number of aromatic nitrogens is 2. The van der Waals surface area contributed by atoms with Crippen LogP contribution in [0.4, 0.5) is 5.82 Å². The monoisotopic (exact) mass is 234 g/mol. The fraction of sp³-hybridized carbons (Fsp3) is 0.583.